The zero-order valence-corrected chi connectivity index (χ0v) is 10.4. The Hall–Kier alpha value is -1.67. The van der Waals surface area contributed by atoms with Crippen molar-refractivity contribution in [3.63, 3.8) is 0 Å². The molecule has 2 nitrogen and oxygen atoms in total. The van der Waals surface area contributed by atoms with Crippen LogP contribution in [0.4, 0.5) is 0 Å². The molecule has 2 rings (SSSR count). The Bertz CT molecular complexity index is 448. The van der Waals surface area contributed by atoms with Gasteiger partial charge in [-0.25, -0.2) is 0 Å². The second kappa shape index (κ2) is 5.60. The first-order valence-electron chi connectivity index (χ1n) is 5.92. The lowest BCUT2D eigenvalue weighted by atomic mass is 9.99. The fourth-order valence-corrected chi connectivity index (χ4v) is 1.94. The molecule has 0 amide bonds. The summed E-state index contributed by atoms with van der Waals surface area (Å²) in [6, 6.07) is 13.1. The maximum Gasteiger partial charge on any atom is 0.0358 e. The van der Waals surface area contributed by atoms with E-state index in [2.05, 4.69) is 47.6 Å². The minimum atomic E-state index is 0.347. The molecule has 2 heteroatoms. The van der Waals surface area contributed by atoms with Crippen LogP contribution in [0.3, 0.4) is 0 Å². The van der Waals surface area contributed by atoms with Crippen LogP contribution in [-0.2, 0) is 6.42 Å². The summed E-state index contributed by atoms with van der Waals surface area (Å²) in [4.78, 5) is 4.15. The molecule has 0 saturated carbocycles. The Morgan fingerprint density at radius 2 is 1.94 bits per heavy atom. The Balaban J connectivity index is 2.14. The summed E-state index contributed by atoms with van der Waals surface area (Å²) in [5.74, 6) is 0. The van der Waals surface area contributed by atoms with Gasteiger partial charge in [0.1, 0.15) is 0 Å². The SMILES string of the molecule is CNC(Cc1cccnc1)c1ccc(C)cc1. The summed E-state index contributed by atoms with van der Waals surface area (Å²) in [5.41, 5.74) is 3.87. The van der Waals surface area contributed by atoms with Crippen molar-refractivity contribution < 1.29 is 0 Å². The van der Waals surface area contributed by atoms with Crippen molar-refractivity contribution >= 4 is 0 Å². The number of nitrogens with zero attached hydrogens (tertiary/aromatic N) is 1. The van der Waals surface area contributed by atoms with Crippen molar-refractivity contribution in [2.75, 3.05) is 7.05 Å². The molecular weight excluding hydrogens is 208 g/mol. The summed E-state index contributed by atoms with van der Waals surface area (Å²) >= 11 is 0. The molecule has 0 aliphatic heterocycles. The van der Waals surface area contributed by atoms with E-state index in [0.29, 0.717) is 6.04 Å². The molecule has 1 aromatic heterocycles. The Kier molecular flexibility index (Phi) is 3.89. The van der Waals surface area contributed by atoms with E-state index in [-0.39, 0.29) is 0 Å². The molecule has 0 bridgehead atoms. The number of rotatable bonds is 4. The van der Waals surface area contributed by atoms with Gasteiger partial charge in [0.25, 0.3) is 0 Å². The van der Waals surface area contributed by atoms with Crippen LogP contribution in [0, 0.1) is 6.92 Å². The predicted molar refractivity (Wildman–Crippen MR) is 70.9 cm³/mol. The van der Waals surface area contributed by atoms with E-state index in [4.69, 9.17) is 0 Å². The average Bonchev–Trinajstić information content (AvgIpc) is 2.38. The van der Waals surface area contributed by atoms with Crippen LogP contribution in [0.25, 0.3) is 0 Å². The molecular formula is C15H18N2. The lowest BCUT2D eigenvalue weighted by Crippen LogP contribution is -2.18. The Labute approximate surface area is 103 Å². The van der Waals surface area contributed by atoms with Gasteiger partial charge < -0.3 is 5.32 Å². The Morgan fingerprint density at radius 3 is 2.53 bits per heavy atom. The first kappa shape index (κ1) is 11.8. The summed E-state index contributed by atoms with van der Waals surface area (Å²) < 4.78 is 0. The number of pyridine rings is 1. The highest BCUT2D eigenvalue weighted by atomic mass is 14.9. The van der Waals surface area contributed by atoms with Gasteiger partial charge in [0.2, 0.25) is 0 Å². The van der Waals surface area contributed by atoms with E-state index in [1.54, 1.807) is 0 Å². The number of benzene rings is 1. The topological polar surface area (TPSA) is 24.9 Å². The highest BCUT2D eigenvalue weighted by Gasteiger charge is 2.09. The molecule has 1 N–H and O–H groups in total. The van der Waals surface area contributed by atoms with Crippen molar-refractivity contribution in [3.8, 4) is 0 Å². The third-order valence-corrected chi connectivity index (χ3v) is 2.99. The minimum absolute atomic E-state index is 0.347. The zero-order valence-electron chi connectivity index (χ0n) is 10.4. The summed E-state index contributed by atoms with van der Waals surface area (Å²) in [6.45, 7) is 2.11. The molecule has 17 heavy (non-hydrogen) atoms. The second-order valence-corrected chi connectivity index (χ2v) is 4.32. The summed E-state index contributed by atoms with van der Waals surface area (Å²) in [7, 11) is 2.00. The van der Waals surface area contributed by atoms with Gasteiger partial charge in [0.05, 0.1) is 0 Å². The van der Waals surface area contributed by atoms with Crippen LogP contribution in [0.5, 0.6) is 0 Å². The van der Waals surface area contributed by atoms with E-state index >= 15 is 0 Å². The molecule has 0 spiro atoms. The van der Waals surface area contributed by atoms with Crippen LogP contribution in [0.2, 0.25) is 0 Å². The highest BCUT2D eigenvalue weighted by molar-refractivity contribution is 5.26. The first-order chi connectivity index (χ1) is 8.29. The summed E-state index contributed by atoms with van der Waals surface area (Å²) in [5, 5.41) is 3.36. The predicted octanol–water partition coefficient (Wildman–Crippen LogP) is 2.89. The molecule has 2 aromatic rings. The molecule has 0 radical (unpaired) electrons. The second-order valence-electron chi connectivity index (χ2n) is 4.32. The van der Waals surface area contributed by atoms with E-state index in [0.717, 1.165) is 6.42 Å². The van der Waals surface area contributed by atoms with Gasteiger partial charge in [-0.2, -0.15) is 0 Å². The number of hydrogen-bond donors (Lipinski definition) is 1. The quantitative estimate of drug-likeness (QED) is 0.867. The molecule has 0 saturated heterocycles. The van der Waals surface area contributed by atoms with Crippen molar-refractivity contribution in [3.05, 3.63) is 65.5 Å². The van der Waals surface area contributed by atoms with E-state index in [1.165, 1.54) is 16.7 Å². The maximum absolute atomic E-state index is 4.15. The molecule has 1 atom stereocenters. The lowest BCUT2D eigenvalue weighted by Gasteiger charge is -2.16. The minimum Gasteiger partial charge on any atom is -0.313 e. The summed E-state index contributed by atoms with van der Waals surface area (Å²) in [6.07, 6.45) is 4.70. The largest absolute Gasteiger partial charge is 0.313 e. The fraction of sp³-hybridized carbons (Fsp3) is 0.267. The molecule has 1 unspecified atom stereocenters. The van der Waals surface area contributed by atoms with Crippen LogP contribution in [0.1, 0.15) is 22.7 Å². The van der Waals surface area contributed by atoms with Gasteiger partial charge in [0, 0.05) is 18.4 Å². The van der Waals surface area contributed by atoms with Crippen LogP contribution >= 0.6 is 0 Å². The van der Waals surface area contributed by atoms with Gasteiger partial charge in [-0.15, -0.1) is 0 Å². The van der Waals surface area contributed by atoms with Crippen molar-refractivity contribution in [1.29, 1.82) is 0 Å². The Morgan fingerprint density at radius 1 is 1.18 bits per heavy atom. The number of nitrogens with one attached hydrogen (secondary N) is 1. The van der Waals surface area contributed by atoms with Crippen LogP contribution < -0.4 is 5.32 Å². The zero-order chi connectivity index (χ0) is 12.1. The maximum atomic E-state index is 4.15. The van der Waals surface area contributed by atoms with Gasteiger partial charge in [0.15, 0.2) is 0 Å². The smallest absolute Gasteiger partial charge is 0.0358 e. The normalized spacial score (nSPS) is 12.4. The van der Waals surface area contributed by atoms with Gasteiger partial charge >= 0.3 is 0 Å². The number of aromatic nitrogens is 1. The molecule has 1 aromatic carbocycles. The van der Waals surface area contributed by atoms with Gasteiger partial charge in [-0.3, -0.25) is 4.98 Å². The van der Waals surface area contributed by atoms with Crippen LogP contribution in [-0.4, -0.2) is 12.0 Å². The molecule has 0 aliphatic rings. The van der Waals surface area contributed by atoms with E-state index < -0.39 is 0 Å². The molecule has 0 aliphatic carbocycles. The van der Waals surface area contributed by atoms with Crippen molar-refractivity contribution in [2.45, 2.75) is 19.4 Å². The molecule has 0 fully saturated rings. The first-order valence-corrected chi connectivity index (χ1v) is 5.92. The fourth-order valence-electron chi connectivity index (χ4n) is 1.94. The monoisotopic (exact) mass is 226 g/mol. The average molecular weight is 226 g/mol. The van der Waals surface area contributed by atoms with Crippen molar-refractivity contribution in [1.82, 2.24) is 10.3 Å². The molecule has 1 heterocycles. The number of hydrogen-bond acceptors (Lipinski definition) is 2. The van der Waals surface area contributed by atoms with E-state index in [1.807, 2.05) is 25.5 Å². The van der Waals surface area contributed by atoms with Gasteiger partial charge in [-0.05, 0) is 37.6 Å². The number of aryl methyl sites for hydroxylation is 1. The van der Waals surface area contributed by atoms with Crippen LogP contribution in [0.15, 0.2) is 48.8 Å². The lowest BCUT2D eigenvalue weighted by molar-refractivity contribution is 0.591. The third kappa shape index (κ3) is 3.14. The van der Waals surface area contributed by atoms with Crippen molar-refractivity contribution in [2.24, 2.45) is 0 Å². The number of likely N-dealkylation sites (N-methyl/N-ethyl adjacent to an activating group) is 1. The van der Waals surface area contributed by atoms with E-state index in [9.17, 15) is 0 Å². The third-order valence-electron chi connectivity index (χ3n) is 2.99. The van der Waals surface area contributed by atoms with Gasteiger partial charge in [-0.1, -0.05) is 35.9 Å². The standard InChI is InChI=1S/C15H18N2/c1-12-5-7-14(8-6-12)15(16-2)10-13-4-3-9-17-11-13/h3-9,11,15-16H,10H2,1-2H3. The molecule has 88 valence electrons. The highest BCUT2D eigenvalue weighted by Crippen LogP contribution is 2.18.